The monoisotopic (exact) mass is 329 g/mol. The molecule has 0 radical (unpaired) electrons. The molecule has 1 fully saturated rings. The molecule has 4 rings (SSSR count). The van der Waals surface area contributed by atoms with E-state index in [1.807, 2.05) is 17.9 Å². The van der Waals surface area contributed by atoms with E-state index >= 15 is 0 Å². The van der Waals surface area contributed by atoms with E-state index in [2.05, 4.69) is 42.9 Å². The van der Waals surface area contributed by atoms with Crippen molar-refractivity contribution in [3.05, 3.63) is 29.6 Å². The summed E-state index contributed by atoms with van der Waals surface area (Å²) in [4.78, 5) is 4.92. The first-order valence-electron chi connectivity index (χ1n) is 8.99. The molecule has 2 aromatic heterocycles. The molecule has 0 bridgehead atoms. The average Bonchev–Trinajstić information content (AvgIpc) is 3.11. The summed E-state index contributed by atoms with van der Waals surface area (Å²) in [6.45, 7) is 6.37. The molecule has 7 nitrogen and oxygen atoms in total. The van der Waals surface area contributed by atoms with Crippen LogP contribution in [-0.2, 0) is 26.6 Å². The highest BCUT2D eigenvalue weighted by atomic mass is 15.3. The van der Waals surface area contributed by atoms with Gasteiger partial charge in [0.05, 0.1) is 6.20 Å². The van der Waals surface area contributed by atoms with Crippen molar-refractivity contribution in [2.75, 3.05) is 33.2 Å². The van der Waals surface area contributed by atoms with Crippen molar-refractivity contribution in [2.24, 2.45) is 7.05 Å². The van der Waals surface area contributed by atoms with Gasteiger partial charge in [0.15, 0.2) is 0 Å². The highest BCUT2D eigenvalue weighted by molar-refractivity contribution is 5.07. The van der Waals surface area contributed by atoms with Crippen molar-refractivity contribution >= 4 is 0 Å². The molecule has 4 heterocycles. The van der Waals surface area contributed by atoms with Crippen LogP contribution in [0, 0.1) is 0 Å². The molecule has 0 unspecified atom stereocenters. The standard InChI is InChI=1S/C17H27N7/c1-21-6-3-4-15(13-21)17-20-19-16-5-7-23(8-9-24(16)17)12-14-10-18-22(2)11-14/h10-11,15H,3-9,12-13H2,1-2H3/t15-/m0/s1. The third-order valence-corrected chi connectivity index (χ3v) is 5.30. The zero-order valence-corrected chi connectivity index (χ0v) is 14.7. The number of likely N-dealkylation sites (N-methyl/N-ethyl adjacent to an activating group) is 1. The first kappa shape index (κ1) is 15.8. The van der Waals surface area contributed by atoms with Crippen molar-refractivity contribution in [1.29, 1.82) is 0 Å². The molecule has 0 saturated carbocycles. The number of hydrogen-bond acceptors (Lipinski definition) is 5. The molecular weight excluding hydrogens is 302 g/mol. The lowest BCUT2D eigenvalue weighted by atomic mass is 9.97. The Morgan fingerprint density at radius 1 is 1.12 bits per heavy atom. The van der Waals surface area contributed by atoms with Crippen LogP contribution in [0.25, 0.3) is 0 Å². The lowest BCUT2D eigenvalue weighted by Crippen LogP contribution is -2.32. The molecule has 0 aliphatic carbocycles. The minimum absolute atomic E-state index is 0.537. The lowest BCUT2D eigenvalue weighted by molar-refractivity contribution is 0.239. The van der Waals surface area contributed by atoms with E-state index in [0.29, 0.717) is 5.92 Å². The maximum atomic E-state index is 4.56. The maximum absolute atomic E-state index is 4.56. The Hall–Kier alpha value is -1.73. The third kappa shape index (κ3) is 3.23. The second kappa shape index (κ2) is 6.64. The summed E-state index contributed by atoms with van der Waals surface area (Å²) in [5, 5.41) is 13.4. The average molecular weight is 329 g/mol. The van der Waals surface area contributed by atoms with Gasteiger partial charge in [0, 0.05) is 63.9 Å². The predicted molar refractivity (Wildman–Crippen MR) is 91.7 cm³/mol. The van der Waals surface area contributed by atoms with Crippen LogP contribution in [0.3, 0.4) is 0 Å². The van der Waals surface area contributed by atoms with Crippen molar-refractivity contribution < 1.29 is 0 Å². The number of piperidine rings is 1. The Bertz CT molecular complexity index is 689. The number of aryl methyl sites for hydroxylation is 1. The normalized spacial score (nSPS) is 23.2. The fraction of sp³-hybridized carbons (Fsp3) is 0.706. The molecule has 0 N–H and O–H groups in total. The molecule has 130 valence electrons. The Balaban J connectivity index is 1.45. The van der Waals surface area contributed by atoms with Gasteiger partial charge < -0.3 is 9.47 Å². The van der Waals surface area contributed by atoms with E-state index in [-0.39, 0.29) is 0 Å². The minimum atomic E-state index is 0.537. The van der Waals surface area contributed by atoms with E-state index in [1.165, 1.54) is 30.8 Å². The molecule has 7 heteroatoms. The summed E-state index contributed by atoms with van der Waals surface area (Å²) < 4.78 is 4.27. The molecule has 2 aromatic rings. The molecule has 0 amide bonds. The number of aromatic nitrogens is 5. The largest absolute Gasteiger partial charge is 0.313 e. The Labute approximate surface area is 143 Å². The molecule has 0 aromatic carbocycles. The van der Waals surface area contributed by atoms with Gasteiger partial charge in [-0.3, -0.25) is 9.58 Å². The minimum Gasteiger partial charge on any atom is -0.313 e. The summed E-state index contributed by atoms with van der Waals surface area (Å²) in [5.74, 6) is 2.90. The van der Waals surface area contributed by atoms with E-state index in [9.17, 15) is 0 Å². The summed E-state index contributed by atoms with van der Waals surface area (Å²) in [6, 6.07) is 0. The Kier molecular flexibility index (Phi) is 4.37. The van der Waals surface area contributed by atoms with Gasteiger partial charge in [-0.1, -0.05) is 0 Å². The van der Waals surface area contributed by atoms with Crippen LogP contribution in [0.5, 0.6) is 0 Å². The van der Waals surface area contributed by atoms with Gasteiger partial charge >= 0.3 is 0 Å². The fourth-order valence-electron chi connectivity index (χ4n) is 4.04. The molecular formula is C17H27N7. The molecule has 1 atom stereocenters. The van der Waals surface area contributed by atoms with Crippen molar-refractivity contribution in [3.63, 3.8) is 0 Å². The van der Waals surface area contributed by atoms with Crippen molar-refractivity contribution in [2.45, 2.75) is 38.3 Å². The number of likely N-dealkylation sites (tertiary alicyclic amines) is 1. The number of rotatable bonds is 3. The third-order valence-electron chi connectivity index (χ3n) is 5.30. The maximum Gasteiger partial charge on any atom is 0.137 e. The highest BCUT2D eigenvalue weighted by Gasteiger charge is 2.27. The van der Waals surface area contributed by atoms with Crippen LogP contribution in [-0.4, -0.2) is 67.6 Å². The van der Waals surface area contributed by atoms with E-state index in [0.717, 1.165) is 45.0 Å². The van der Waals surface area contributed by atoms with E-state index < -0.39 is 0 Å². The quantitative estimate of drug-likeness (QED) is 0.837. The van der Waals surface area contributed by atoms with Crippen LogP contribution in [0.1, 0.15) is 36.0 Å². The Morgan fingerprint density at radius 3 is 2.83 bits per heavy atom. The molecule has 2 aliphatic heterocycles. The van der Waals surface area contributed by atoms with Gasteiger partial charge in [-0.25, -0.2) is 0 Å². The topological polar surface area (TPSA) is 55.0 Å². The second-order valence-corrected chi connectivity index (χ2v) is 7.28. The predicted octanol–water partition coefficient (Wildman–Crippen LogP) is 0.879. The zero-order valence-electron chi connectivity index (χ0n) is 14.7. The van der Waals surface area contributed by atoms with Crippen LogP contribution in [0.2, 0.25) is 0 Å². The molecule has 0 spiro atoms. The van der Waals surface area contributed by atoms with Gasteiger partial charge in [0.25, 0.3) is 0 Å². The van der Waals surface area contributed by atoms with E-state index in [1.54, 1.807) is 0 Å². The Morgan fingerprint density at radius 2 is 2.04 bits per heavy atom. The van der Waals surface area contributed by atoms with Crippen molar-refractivity contribution in [3.8, 4) is 0 Å². The smallest absolute Gasteiger partial charge is 0.137 e. The van der Waals surface area contributed by atoms with Crippen LogP contribution in [0.4, 0.5) is 0 Å². The lowest BCUT2D eigenvalue weighted by Gasteiger charge is -2.29. The summed E-state index contributed by atoms with van der Waals surface area (Å²) in [6.07, 6.45) is 7.55. The summed E-state index contributed by atoms with van der Waals surface area (Å²) >= 11 is 0. The number of nitrogens with zero attached hydrogens (tertiary/aromatic N) is 7. The number of fused-ring (bicyclic) bond motifs is 1. The fourth-order valence-corrected chi connectivity index (χ4v) is 4.04. The van der Waals surface area contributed by atoms with E-state index in [4.69, 9.17) is 0 Å². The first-order valence-corrected chi connectivity index (χ1v) is 8.99. The molecule has 24 heavy (non-hydrogen) atoms. The SMILES string of the molecule is CN1CCC[C@H](c2nnc3n2CCN(Cc2cnn(C)c2)CC3)C1. The summed E-state index contributed by atoms with van der Waals surface area (Å²) in [7, 11) is 4.18. The van der Waals surface area contributed by atoms with Crippen LogP contribution in [0.15, 0.2) is 12.4 Å². The van der Waals surface area contributed by atoms with Crippen molar-refractivity contribution in [1.82, 2.24) is 34.3 Å². The second-order valence-electron chi connectivity index (χ2n) is 7.28. The van der Waals surface area contributed by atoms with Gasteiger partial charge in [-0.2, -0.15) is 5.10 Å². The highest BCUT2D eigenvalue weighted by Crippen LogP contribution is 2.26. The zero-order chi connectivity index (χ0) is 16.5. The molecule has 1 saturated heterocycles. The molecule has 2 aliphatic rings. The van der Waals surface area contributed by atoms with Crippen LogP contribution < -0.4 is 0 Å². The summed E-state index contributed by atoms with van der Waals surface area (Å²) in [5.41, 5.74) is 1.28. The van der Waals surface area contributed by atoms with Crippen LogP contribution >= 0.6 is 0 Å². The van der Waals surface area contributed by atoms with Gasteiger partial charge in [-0.05, 0) is 26.4 Å². The number of hydrogen-bond donors (Lipinski definition) is 0. The van der Waals surface area contributed by atoms with Gasteiger partial charge in [-0.15, -0.1) is 10.2 Å². The van der Waals surface area contributed by atoms with Gasteiger partial charge in [0.1, 0.15) is 11.6 Å². The first-order chi connectivity index (χ1) is 11.7. The van der Waals surface area contributed by atoms with Gasteiger partial charge in [0.2, 0.25) is 0 Å².